The van der Waals surface area contributed by atoms with Crippen molar-refractivity contribution >= 4 is 35.0 Å². The monoisotopic (exact) mass is 618 g/mol. The third-order valence-corrected chi connectivity index (χ3v) is 8.21. The maximum Gasteiger partial charge on any atom is 0.338 e. The molecular formula is C33H31ClN2O6S. The second-order valence-electron chi connectivity index (χ2n) is 9.56. The summed E-state index contributed by atoms with van der Waals surface area (Å²) in [6.45, 7) is 6.29. The number of ether oxygens (including phenoxy) is 4. The number of carbonyl (C=O) groups is 1. The van der Waals surface area contributed by atoms with Crippen molar-refractivity contribution < 1.29 is 23.7 Å². The largest absolute Gasteiger partial charge is 0.496 e. The number of thiazole rings is 1. The molecule has 0 bridgehead atoms. The number of hydrogen-bond donors (Lipinski definition) is 0. The molecule has 0 fully saturated rings. The Bertz CT molecular complexity index is 1880. The minimum absolute atomic E-state index is 0.193. The number of esters is 1. The molecule has 4 aromatic rings. The summed E-state index contributed by atoms with van der Waals surface area (Å²) in [5, 5.41) is 0.625. The highest BCUT2D eigenvalue weighted by molar-refractivity contribution is 7.07. The Balaban J connectivity index is 1.58. The van der Waals surface area contributed by atoms with Gasteiger partial charge in [-0.2, -0.15) is 0 Å². The molecule has 1 atom stereocenters. The molecule has 5 rings (SSSR count). The number of aromatic nitrogens is 1. The smallest absolute Gasteiger partial charge is 0.338 e. The fraction of sp³-hybridized carbons (Fsp3) is 0.242. The van der Waals surface area contributed by atoms with Crippen LogP contribution < -0.4 is 29.1 Å². The normalized spacial score (nSPS) is 14.6. The van der Waals surface area contributed by atoms with E-state index in [0.29, 0.717) is 55.0 Å². The average molecular weight is 619 g/mol. The molecule has 0 N–H and O–H groups in total. The van der Waals surface area contributed by atoms with E-state index in [9.17, 15) is 9.59 Å². The molecule has 8 nitrogen and oxygen atoms in total. The third kappa shape index (κ3) is 6.23. The van der Waals surface area contributed by atoms with Gasteiger partial charge in [0.1, 0.15) is 18.4 Å². The van der Waals surface area contributed by atoms with Gasteiger partial charge in [-0.15, -0.1) is 0 Å². The molecule has 0 amide bonds. The van der Waals surface area contributed by atoms with Crippen LogP contribution in [0.3, 0.4) is 0 Å². The molecule has 1 aromatic heterocycles. The Kier molecular flexibility index (Phi) is 9.33. The van der Waals surface area contributed by atoms with Crippen molar-refractivity contribution in [2.75, 3.05) is 20.3 Å². The molecule has 0 radical (unpaired) electrons. The first-order chi connectivity index (χ1) is 20.9. The van der Waals surface area contributed by atoms with Gasteiger partial charge in [0, 0.05) is 16.1 Å². The lowest BCUT2D eigenvalue weighted by Crippen LogP contribution is -2.40. The highest BCUT2D eigenvalue weighted by Crippen LogP contribution is 2.36. The molecule has 10 heteroatoms. The summed E-state index contributed by atoms with van der Waals surface area (Å²) in [6, 6.07) is 19.5. The summed E-state index contributed by atoms with van der Waals surface area (Å²) in [4.78, 5) is 32.3. The van der Waals surface area contributed by atoms with Gasteiger partial charge in [-0.1, -0.05) is 65.4 Å². The molecule has 0 aliphatic carbocycles. The van der Waals surface area contributed by atoms with Crippen molar-refractivity contribution in [3.63, 3.8) is 0 Å². The summed E-state index contributed by atoms with van der Waals surface area (Å²) in [7, 11) is 1.56. The van der Waals surface area contributed by atoms with Crippen LogP contribution in [0.4, 0.5) is 0 Å². The maximum atomic E-state index is 14.0. The van der Waals surface area contributed by atoms with Crippen molar-refractivity contribution in [1.82, 2.24) is 4.57 Å². The van der Waals surface area contributed by atoms with Gasteiger partial charge >= 0.3 is 5.97 Å². The Hall–Kier alpha value is -4.34. The van der Waals surface area contributed by atoms with Gasteiger partial charge < -0.3 is 18.9 Å². The zero-order valence-corrected chi connectivity index (χ0v) is 25.8. The summed E-state index contributed by atoms with van der Waals surface area (Å²) in [6.07, 6.45) is 1.78. The van der Waals surface area contributed by atoms with Gasteiger partial charge in [-0.3, -0.25) is 9.36 Å². The summed E-state index contributed by atoms with van der Waals surface area (Å²) in [5.74, 6) is 1.13. The first-order valence-electron chi connectivity index (χ1n) is 13.8. The van der Waals surface area contributed by atoms with Crippen LogP contribution >= 0.6 is 22.9 Å². The van der Waals surface area contributed by atoms with Gasteiger partial charge in [0.15, 0.2) is 16.3 Å². The Labute approximate surface area is 258 Å². The number of fused-ring (bicyclic) bond motifs is 1. The second-order valence-corrected chi connectivity index (χ2v) is 11.0. The fourth-order valence-corrected chi connectivity index (χ4v) is 6.14. The average Bonchev–Trinajstić information content (AvgIpc) is 3.30. The van der Waals surface area contributed by atoms with Crippen LogP contribution in [0.5, 0.6) is 17.2 Å². The summed E-state index contributed by atoms with van der Waals surface area (Å²) < 4.78 is 24.9. The topological polar surface area (TPSA) is 88.4 Å². The van der Waals surface area contributed by atoms with Crippen LogP contribution in [0, 0.1) is 0 Å². The Morgan fingerprint density at radius 2 is 1.77 bits per heavy atom. The van der Waals surface area contributed by atoms with E-state index < -0.39 is 12.0 Å². The Morgan fingerprint density at radius 1 is 1.00 bits per heavy atom. The number of methoxy groups -OCH3 is 1. The van der Waals surface area contributed by atoms with Crippen molar-refractivity contribution in [2.24, 2.45) is 4.99 Å². The summed E-state index contributed by atoms with van der Waals surface area (Å²) in [5.41, 5.74) is 2.76. The minimum atomic E-state index is -0.770. The SMILES string of the molecule is CCOC(=O)C1=C(C)N=c2s/c(=C/c3ccc(OCc4ccccc4Cl)c(OCC)c3)c(=O)n2[C@H]1c1ccccc1OC. The second kappa shape index (κ2) is 13.3. The molecule has 0 saturated heterocycles. The van der Waals surface area contributed by atoms with E-state index in [-0.39, 0.29) is 18.8 Å². The van der Waals surface area contributed by atoms with E-state index in [1.807, 2.05) is 67.6 Å². The van der Waals surface area contributed by atoms with Crippen molar-refractivity contribution in [2.45, 2.75) is 33.4 Å². The molecule has 43 heavy (non-hydrogen) atoms. The number of halogens is 1. The van der Waals surface area contributed by atoms with Crippen molar-refractivity contribution in [3.8, 4) is 17.2 Å². The van der Waals surface area contributed by atoms with Crippen LogP contribution in [0.15, 0.2) is 87.8 Å². The predicted octanol–water partition coefficient (Wildman–Crippen LogP) is 5.44. The lowest BCUT2D eigenvalue weighted by atomic mass is 9.95. The van der Waals surface area contributed by atoms with Crippen LogP contribution in [0.1, 0.15) is 43.5 Å². The lowest BCUT2D eigenvalue weighted by Gasteiger charge is -2.25. The standard InChI is InChI=1S/C33H31ClN2O6S/c1-5-40-27-17-21(15-16-26(27)42-19-22-11-7-9-13-24(22)34)18-28-31(37)36-30(23-12-8-10-14-25(23)39-4)29(32(38)41-6-2)20(3)35-33(36)43-28/h7-18,30H,5-6,19H2,1-4H3/b28-18+/t30-/m0/s1. The van der Waals surface area contributed by atoms with E-state index in [0.717, 1.165) is 11.1 Å². The van der Waals surface area contributed by atoms with E-state index in [4.69, 9.17) is 30.5 Å². The number of carbonyl (C=O) groups excluding carboxylic acids is 1. The van der Waals surface area contributed by atoms with Crippen LogP contribution in [0.2, 0.25) is 5.02 Å². The lowest BCUT2D eigenvalue weighted by molar-refractivity contribution is -0.139. The molecule has 0 unspecified atom stereocenters. The maximum absolute atomic E-state index is 14.0. The molecule has 1 aliphatic heterocycles. The van der Waals surface area contributed by atoms with Gasteiger partial charge in [-0.05, 0) is 56.7 Å². The molecule has 0 spiro atoms. The van der Waals surface area contributed by atoms with Crippen molar-refractivity contribution in [3.05, 3.63) is 119 Å². The van der Waals surface area contributed by atoms with E-state index in [1.54, 1.807) is 33.1 Å². The molecule has 222 valence electrons. The number of nitrogens with zero attached hydrogens (tertiary/aromatic N) is 2. The quantitative estimate of drug-likeness (QED) is 0.220. The molecular weight excluding hydrogens is 588 g/mol. The van der Waals surface area contributed by atoms with Gasteiger partial charge in [0.05, 0.1) is 36.1 Å². The zero-order chi connectivity index (χ0) is 30.5. The Morgan fingerprint density at radius 3 is 2.51 bits per heavy atom. The third-order valence-electron chi connectivity index (χ3n) is 6.86. The van der Waals surface area contributed by atoms with E-state index in [1.165, 1.54) is 15.9 Å². The molecule has 0 saturated carbocycles. The van der Waals surface area contributed by atoms with Gasteiger partial charge in [0.25, 0.3) is 5.56 Å². The van der Waals surface area contributed by atoms with E-state index in [2.05, 4.69) is 4.99 Å². The predicted molar refractivity (Wildman–Crippen MR) is 167 cm³/mol. The number of para-hydroxylation sites is 1. The van der Waals surface area contributed by atoms with Crippen molar-refractivity contribution in [1.29, 1.82) is 0 Å². The fourth-order valence-electron chi connectivity index (χ4n) is 4.90. The van der Waals surface area contributed by atoms with Gasteiger partial charge in [0.2, 0.25) is 0 Å². The highest BCUT2D eigenvalue weighted by atomic mass is 35.5. The first kappa shape index (κ1) is 30.1. The van der Waals surface area contributed by atoms with E-state index >= 15 is 0 Å². The highest BCUT2D eigenvalue weighted by Gasteiger charge is 2.35. The number of allylic oxidation sites excluding steroid dienone is 1. The van der Waals surface area contributed by atoms with Gasteiger partial charge in [-0.25, -0.2) is 9.79 Å². The van der Waals surface area contributed by atoms with Crippen LogP contribution in [-0.4, -0.2) is 30.9 Å². The minimum Gasteiger partial charge on any atom is -0.496 e. The first-order valence-corrected chi connectivity index (χ1v) is 15.0. The number of benzene rings is 3. The number of rotatable bonds is 10. The number of hydrogen-bond acceptors (Lipinski definition) is 8. The summed E-state index contributed by atoms with van der Waals surface area (Å²) >= 11 is 7.54. The zero-order valence-electron chi connectivity index (χ0n) is 24.3. The molecule has 1 aliphatic rings. The van der Waals surface area contributed by atoms with Crippen LogP contribution in [0.25, 0.3) is 6.08 Å². The molecule has 3 aromatic carbocycles. The van der Waals surface area contributed by atoms with Crippen LogP contribution in [-0.2, 0) is 16.1 Å². The molecule has 2 heterocycles.